The summed E-state index contributed by atoms with van der Waals surface area (Å²) < 4.78 is 2.95. The molecule has 0 saturated heterocycles. The Bertz CT molecular complexity index is 692. The summed E-state index contributed by atoms with van der Waals surface area (Å²) in [6.07, 6.45) is 7.59. The third-order valence-electron chi connectivity index (χ3n) is 3.11. The molecular weight excluding hydrogens is 328 g/mol. The number of halogens is 1. The van der Waals surface area contributed by atoms with Crippen molar-refractivity contribution < 1.29 is 0 Å². The van der Waals surface area contributed by atoms with Gasteiger partial charge in [-0.05, 0) is 35.9 Å². The molecule has 3 rings (SSSR count). The van der Waals surface area contributed by atoms with Crippen molar-refractivity contribution in [2.45, 2.75) is 13.1 Å². The van der Waals surface area contributed by atoms with E-state index < -0.39 is 0 Å². The van der Waals surface area contributed by atoms with Crippen molar-refractivity contribution in [1.29, 1.82) is 0 Å². The van der Waals surface area contributed by atoms with E-state index in [1.807, 2.05) is 53.6 Å². The monoisotopic (exact) mass is 342 g/mol. The first-order chi connectivity index (χ1) is 10.3. The first kappa shape index (κ1) is 14.0. The van der Waals surface area contributed by atoms with Crippen molar-refractivity contribution in [3.63, 3.8) is 0 Å². The molecule has 5 heteroatoms. The lowest BCUT2D eigenvalue weighted by atomic mass is 10.3. The van der Waals surface area contributed by atoms with Crippen molar-refractivity contribution in [1.82, 2.24) is 20.1 Å². The van der Waals surface area contributed by atoms with Crippen molar-refractivity contribution in [2.75, 3.05) is 0 Å². The number of hydrogen-bond donors (Lipinski definition) is 1. The summed E-state index contributed by atoms with van der Waals surface area (Å²) in [5.41, 5.74) is 3.39. The van der Waals surface area contributed by atoms with Gasteiger partial charge in [0.05, 0.1) is 11.9 Å². The molecule has 1 N–H and O–H groups in total. The van der Waals surface area contributed by atoms with E-state index in [1.54, 1.807) is 6.20 Å². The van der Waals surface area contributed by atoms with Gasteiger partial charge in [0.25, 0.3) is 0 Å². The van der Waals surface area contributed by atoms with Crippen molar-refractivity contribution >= 4 is 15.9 Å². The molecule has 1 aromatic carbocycles. The number of aromatic nitrogens is 3. The van der Waals surface area contributed by atoms with E-state index in [-0.39, 0.29) is 0 Å². The lowest BCUT2D eigenvalue weighted by Gasteiger charge is -2.03. The zero-order chi connectivity index (χ0) is 14.5. The van der Waals surface area contributed by atoms with E-state index in [1.165, 1.54) is 5.56 Å². The second-order valence-electron chi connectivity index (χ2n) is 4.73. The third-order valence-corrected chi connectivity index (χ3v) is 3.64. The number of benzene rings is 1. The van der Waals surface area contributed by atoms with Gasteiger partial charge in [-0.3, -0.25) is 4.98 Å². The minimum Gasteiger partial charge on any atom is -0.308 e. The van der Waals surface area contributed by atoms with Gasteiger partial charge in [-0.25, -0.2) is 4.68 Å². The molecule has 0 fully saturated rings. The molecule has 0 amide bonds. The summed E-state index contributed by atoms with van der Waals surface area (Å²) in [5, 5.41) is 7.78. The van der Waals surface area contributed by atoms with Crippen LogP contribution in [0.15, 0.2) is 65.7 Å². The standard InChI is InChI=1S/C16H15BrN4/c17-15-3-5-16(6-4-15)21-12-14(11-20-21)10-19-9-13-2-1-7-18-8-13/h1-8,11-12,19H,9-10H2. The largest absolute Gasteiger partial charge is 0.308 e. The van der Waals surface area contributed by atoms with E-state index in [0.29, 0.717) is 0 Å². The number of hydrogen-bond acceptors (Lipinski definition) is 3. The van der Waals surface area contributed by atoms with Crippen LogP contribution in [0.5, 0.6) is 0 Å². The molecule has 0 aliphatic carbocycles. The van der Waals surface area contributed by atoms with E-state index in [4.69, 9.17) is 0 Å². The molecule has 0 radical (unpaired) electrons. The molecule has 106 valence electrons. The lowest BCUT2D eigenvalue weighted by molar-refractivity contribution is 0.691. The van der Waals surface area contributed by atoms with E-state index >= 15 is 0 Å². The average molecular weight is 343 g/mol. The van der Waals surface area contributed by atoms with Gasteiger partial charge in [0.1, 0.15) is 0 Å². The lowest BCUT2D eigenvalue weighted by Crippen LogP contribution is -2.12. The molecule has 3 aromatic rings. The van der Waals surface area contributed by atoms with Crippen LogP contribution in [-0.4, -0.2) is 14.8 Å². The van der Waals surface area contributed by atoms with Crippen LogP contribution in [-0.2, 0) is 13.1 Å². The summed E-state index contributed by atoms with van der Waals surface area (Å²) in [4.78, 5) is 4.10. The van der Waals surface area contributed by atoms with Crippen LogP contribution in [0.25, 0.3) is 5.69 Å². The molecule has 0 bridgehead atoms. The molecule has 4 nitrogen and oxygen atoms in total. The highest BCUT2D eigenvalue weighted by Gasteiger charge is 2.01. The quantitative estimate of drug-likeness (QED) is 0.773. The second kappa shape index (κ2) is 6.65. The Labute approximate surface area is 132 Å². The van der Waals surface area contributed by atoms with Gasteiger partial charge in [0.15, 0.2) is 0 Å². The van der Waals surface area contributed by atoms with Crippen molar-refractivity contribution in [2.24, 2.45) is 0 Å². The van der Waals surface area contributed by atoms with Crippen LogP contribution in [0.3, 0.4) is 0 Å². The highest BCUT2D eigenvalue weighted by molar-refractivity contribution is 9.10. The molecule has 0 saturated carbocycles. The Kier molecular flexibility index (Phi) is 4.43. The molecule has 0 aliphatic rings. The number of rotatable bonds is 5. The first-order valence-electron chi connectivity index (χ1n) is 6.70. The predicted octanol–water partition coefficient (Wildman–Crippen LogP) is 3.32. The van der Waals surface area contributed by atoms with Crippen LogP contribution in [0.1, 0.15) is 11.1 Å². The van der Waals surface area contributed by atoms with Gasteiger partial charge in [0.2, 0.25) is 0 Å². The fourth-order valence-corrected chi connectivity index (χ4v) is 2.30. The zero-order valence-electron chi connectivity index (χ0n) is 11.4. The van der Waals surface area contributed by atoms with Gasteiger partial charge in [-0.1, -0.05) is 22.0 Å². The molecule has 2 heterocycles. The topological polar surface area (TPSA) is 42.7 Å². The zero-order valence-corrected chi connectivity index (χ0v) is 13.0. The van der Waals surface area contributed by atoms with Crippen LogP contribution >= 0.6 is 15.9 Å². The van der Waals surface area contributed by atoms with Crippen LogP contribution in [0.2, 0.25) is 0 Å². The first-order valence-corrected chi connectivity index (χ1v) is 7.50. The summed E-state index contributed by atoms with van der Waals surface area (Å²) in [6, 6.07) is 12.1. The fourth-order valence-electron chi connectivity index (χ4n) is 2.04. The van der Waals surface area contributed by atoms with Crippen LogP contribution in [0.4, 0.5) is 0 Å². The summed E-state index contributed by atoms with van der Waals surface area (Å²) in [7, 11) is 0. The molecule has 2 aromatic heterocycles. The minimum absolute atomic E-state index is 0.783. The minimum atomic E-state index is 0.783. The molecule has 21 heavy (non-hydrogen) atoms. The maximum Gasteiger partial charge on any atom is 0.0646 e. The number of pyridine rings is 1. The molecule has 0 unspecified atom stereocenters. The van der Waals surface area contributed by atoms with Crippen LogP contribution < -0.4 is 5.32 Å². The van der Waals surface area contributed by atoms with Crippen LogP contribution in [0, 0.1) is 0 Å². The Morgan fingerprint density at radius 3 is 2.57 bits per heavy atom. The number of nitrogens with zero attached hydrogens (tertiary/aromatic N) is 3. The van der Waals surface area contributed by atoms with E-state index in [2.05, 4.69) is 37.4 Å². The Hall–Kier alpha value is -1.98. The Morgan fingerprint density at radius 1 is 1.00 bits per heavy atom. The second-order valence-corrected chi connectivity index (χ2v) is 5.65. The van der Waals surface area contributed by atoms with Gasteiger partial charge in [-0.15, -0.1) is 0 Å². The smallest absolute Gasteiger partial charge is 0.0646 e. The van der Waals surface area contributed by atoms with Crippen molar-refractivity contribution in [3.05, 3.63) is 76.8 Å². The van der Waals surface area contributed by atoms with Gasteiger partial charge in [-0.2, -0.15) is 5.10 Å². The summed E-state index contributed by atoms with van der Waals surface area (Å²) >= 11 is 3.43. The van der Waals surface area contributed by atoms with Gasteiger partial charge < -0.3 is 5.32 Å². The molecule has 0 atom stereocenters. The Morgan fingerprint density at radius 2 is 1.81 bits per heavy atom. The third kappa shape index (κ3) is 3.77. The van der Waals surface area contributed by atoms with Gasteiger partial charge >= 0.3 is 0 Å². The summed E-state index contributed by atoms with van der Waals surface area (Å²) in [6.45, 7) is 1.59. The highest BCUT2D eigenvalue weighted by atomic mass is 79.9. The average Bonchev–Trinajstić information content (AvgIpc) is 2.98. The normalized spacial score (nSPS) is 10.7. The summed E-state index contributed by atoms with van der Waals surface area (Å²) in [5.74, 6) is 0. The van der Waals surface area contributed by atoms with E-state index in [0.717, 1.165) is 28.8 Å². The van der Waals surface area contributed by atoms with E-state index in [9.17, 15) is 0 Å². The SMILES string of the molecule is Brc1ccc(-n2cc(CNCc3cccnc3)cn2)cc1. The Balaban J connectivity index is 1.59. The van der Waals surface area contributed by atoms with Gasteiger partial charge in [0, 0.05) is 41.7 Å². The highest BCUT2D eigenvalue weighted by Crippen LogP contribution is 2.14. The molecular formula is C16H15BrN4. The number of nitrogens with one attached hydrogen (secondary N) is 1. The van der Waals surface area contributed by atoms with Crippen molar-refractivity contribution in [3.8, 4) is 5.69 Å². The molecule has 0 aliphatic heterocycles. The molecule has 0 spiro atoms. The maximum absolute atomic E-state index is 4.39. The fraction of sp³-hybridized carbons (Fsp3) is 0.125. The predicted molar refractivity (Wildman–Crippen MR) is 86.0 cm³/mol. The maximum atomic E-state index is 4.39.